The van der Waals surface area contributed by atoms with E-state index in [0.717, 1.165) is 13.0 Å². The first kappa shape index (κ1) is 15.3. The number of nitrogen functional groups attached to an aromatic ring is 1. The number of unbranched alkanes of at least 4 members (excludes halogenated alkanes) is 1. The molecule has 1 aromatic rings. The SMILES string of the molecule is CCCCC(CC)CNc1cc(C(N)=O)c(N)cn1. The van der Waals surface area contributed by atoms with Crippen LogP contribution in [0, 0.1) is 5.92 Å². The lowest BCUT2D eigenvalue weighted by Crippen LogP contribution is -2.17. The van der Waals surface area contributed by atoms with Crippen LogP contribution in [0.1, 0.15) is 49.9 Å². The minimum absolute atomic E-state index is 0.316. The van der Waals surface area contributed by atoms with Crippen LogP contribution in [-0.4, -0.2) is 17.4 Å². The molecule has 1 amide bonds. The van der Waals surface area contributed by atoms with Crippen LogP contribution < -0.4 is 16.8 Å². The number of nitrogens with zero attached hydrogens (tertiary/aromatic N) is 1. The first-order valence-electron chi connectivity index (χ1n) is 6.87. The molecular formula is C14H24N4O. The van der Waals surface area contributed by atoms with Gasteiger partial charge in [0.2, 0.25) is 0 Å². The molecule has 0 spiro atoms. The van der Waals surface area contributed by atoms with Crippen molar-refractivity contribution in [3.63, 3.8) is 0 Å². The molecule has 0 aliphatic carbocycles. The van der Waals surface area contributed by atoms with E-state index in [9.17, 15) is 4.79 Å². The Morgan fingerprint density at radius 2 is 2.21 bits per heavy atom. The molecule has 19 heavy (non-hydrogen) atoms. The molecule has 1 atom stereocenters. The summed E-state index contributed by atoms with van der Waals surface area (Å²) in [6.07, 6.45) is 6.25. The Kier molecular flexibility index (Phi) is 6.12. The quantitative estimate of drug-likeness (QED) is 0.672. The number of amides is 1. The number of nitrogens with one attached hydrogen (secondary N) is 1. The van der Waals surface area contributed by atoms with Gasteiger partial charge < -0.3 is 16.8 Å². The molecule has 5 heteroatoms. The maximum Gasteiger partial charge on any atom is 0.250 e. The fourth-order valence-electron chi connectivity index (χ4n) is 1.97. The standard InChI is InChI=1S/C14H24N4O/c1-3-5-6-10(4-2)8-17-13-7-11(14(16)19)12(15)9-18-13/h7,9-10H,3-6,8,15H2,1-2H3,(H2,16,19)(H,17,18). The molecule has 0 bridgehead atoms. The minimum Gasteiger partial charge on any atom is -0.397 e. The minimum atomic E-state index is -0.527. The fourth-order valence-corrected chi connectivity index (χ4v) is 1.97. The van der Waals surface area contributed by atoms with Gasteiger partial charge in [-0.25, -0.2) is 4.98 Å². The van der Waals surface area contributed by atoms with Crippen LogP contribution in [0.2, 0.25) is 0 Å². The van der Waals surface area contributed by atoms with Crippen LogP contribution in [-0.2, 0) is 0 Å². The largest absolute Gasteiger partial charge is 0.397 e. The van der Waals surface area contributed by atoms with Gasteiger partial charge in [-0.3, -0.25) is 4.79 Å². The number of carbonyl (C=O) groups is 1. The van der Waals surface area contributed by atoms with Crippen molar-refractivity contribution in [2.45, 2.75) is 39.5 Å². The Morgan fingerprint density at radius 3 is 2.79 bits per heavy atom. The number of primary amides is 1. The van der Waals surface area contributed by atoms with Crippen LogP contribution in [0.15, 0.2) is 12.3 Å². The van der Waals surface area contributed by atoms with Crippen molar-refractivity contribution in [2.75, 3.05) is 17.6 Å². The summed E-state index contributed by atoms with van der Waals surface area (Å²) in [6, 6.07) is 1.62. The van der Waals surface area contributed by atoms with Crippen LogP contribution in [0.3, 0.4) is 0 Å². The van der Waals surface area contributed by atoms with Crippen LogP contribution in [0.5, 0.6) is 0 Å². The third-order valence-corrected chi connectivity index (χ3v) is 3.32. The maximum atomic E-state index is 11.2. The normalized spacial score (nSPS) is 12.1. The van der Waals surface area contributed by atoms with Crippen molar-refractivity contribution < 1.29 is 4.79 Å². The van der Waals surface area contributed by atoms with Gasteiger partial charge in [0, 0.05) is 6.54 Å². The molecule has 0 saturated heterocycles. The van der Waals surface area contributed by atoms with Gasteiger partial charge in [-0.05, 0) is 18.4 Å². The number of carbonyl (C=O) groups excluding carboxylic acids is 1. The number of rotatable bonds is 8. The van der Waals surface area contributed by atoms with Crippen molar-refractivity contribution in [1.29, 1.82) is 0 Å². The third kappa shape index (κ3) is 4.77. The lowest BCUT2D eigenvalue weighted by atomic mass is 9.99. The second-order valence-corrected chi connectivity index (χ2v) is 4.82. The van der Waals surface area contributed by atoms with Gasteiger partial charge in [0.15, 0.2) is 0 Å². The Morgan fingerprint density at radius 1 is 1.47 bits per heavy atom. The molecule has 5 nitrogen and oxygen atoms in total. The van der Waals surface area contributed by atoms with E-state index in [1.165, 1.54) is 25.5 Å². The summed E-state index contributed by atoms with van der Waals surface area (Å²) in [5.74, 6) is 0.746. The van der Waals surface area contributed by atoms with E-state index in [0.29, 0.717) is 23.0 Å². The molecule has 0 radical (unpaired) electrons. The molecule has 0 aromatic carbocycles. The zero-order valence-electron chi connectivity index (χ0n) is 11.8. The Bertz CT molecular complexity index is 420. The first-order chi connectivity index (χ1) is 9.08. The van der Waals surface area contributed by atoms with Crippen molar-refractivity contribution in [1.82, 2.24) is 4.98 Å². The van der Waals surface area contributed by atoms with Gasteiger partial charge in [-0.2, -0.15) is 0 Å². The average molecular weight is 264 g/mol. The maximum absolute atomic E-state index is 11.2. The molecule has 1 aromatic heterocycles. The van der Waals surface area contributed by atoms with Crippen molar-refractivity contribution in [2.24, 2.45) is 11.7 Å². The zero-order chi connectivity index (χ0) is 14.3. The van der Waals surface area contributed by atoms with Gasteiger partial charge in [-0.1, -0.05) is 33.1 Å². The predicted octanol–water partition coefficient (Wildman–Crippen LogP) is 2.39. The summed E-state index contributed by atoms with van der Waals surface area (Å²) in [6.45, 7) is 5.24. The van der Waals surface area contributed by atoms with Crippen LogP contribution >= 0.6 is 0 Å². The molecule has 0 aliphatic rings. The molecule has 5 N–H and O–H groups in total. The summed E-state index contributed by atoms with van der Waals surface area (Å²) in [5.41, 5.74) is 11.5. The van der Waals surface area contributed by atoms with Crippen molar-refractivity contribution in [3.05, 3.63) is 17.8 Å². The zero-order valence-corrected chi connectivity index (χ0v) is 11.8. The second kappa shape index (κ2) is 7.61. The summed E-state index contributed by atoms with van der Waals surface area (Å²) in [4.78, 5) is 15.4. The summed E-state index contributed by atoms with van der Waals surface area (Å²) in [7, 11) is 0. The summed E-state index contributed by atoms with van der Waals surface area (Å²) in [5, 5.41) is 3.25. The lowest BCUT2D eigenvalue weighted by molar-refractivity contribution is 0.100. The third-order valence-electron chi connectivity index (χ3n) is 3.32. The smallest absolute Gasteiger partial charge is 0.250 e. The monoisotopic (exact) mass is 264 g/mol. The van der Waals surface area contributed by atoms with E-state index in [4.69, 9.17) is 11.5 Å². The van der Waals surface area contributed by atoms with E-state index in [-0.39, 0.29) is 0 Å². The van der Waals surface area contributed by atoms with E-state index in [1.54, 1.807) is 6.07 Å². The number of pyridine rings is 1. The highest BCUT2D eigenvalue weighted by atomic mass is 16.1. The molecular weight excluding hydrogens is 240 g/mol. The number of aromatic nitrogens is 1. The van der Waals surface area contributed by atoms with E-state index < -0.39 is 5.91 Å². The highest BCUT2D eigenvalue weighted by Gasteiger charge is 2.09. The van der Waals surface area contributed by atoms with Gasteiger partial charge >= 0.3 is 0 Å². The summed E-state index contributed by atoms with van der Waals surface area (Å²) < 4.78 is 0. The Hall–Kier alpha value is -1.78. The van der Waals surface area contributed by atoms with Gasteiger partial charge in [0.1, 0.15) is 5.82 Å². The second-order valence-electron chi connectivity index (χ2n) is 4.82. The molecule has 106 valence electrons. The van der Waals surface area contributed by atoms with Crippen LogP contribution in [0.25, 0.3) is 0 Å². The number of hydrogen-bond acceptors (Lipinski definition) is 4. The molecule has 1 heterocycles. The molecule has 1 rings (SSSR count). The number of anilines is 2. The lowest BCUT2D eigenvalue weighted by Gasteiger charge is -2.16. The van der Waals surface area contributed by atoms with Gasteiger partial charge in [-0.15, -0.1) is 0 Å². The molecule has 1 unspecified atom stereocenters. The molecule has 0 saturated carbocycles. The van der Waals surface area contributed by atoms with Gasteiger partial charge in [0.25, 0.3) is 5.91 Å². The van der Waals surface area contributed by atoms with E-state index >= 15 is 0 Å². The highest BCUT2D eigenvalue weighted by Crippen LogP contribution is 2.17. The topological polar surface area (TPSA) is 94.0 Å². The van der Waals surface area contributed by atoms with Crippen molar-refractivity contribution in [3.8, 4) is 0 Å². The Labute approximate surface area is 114 Å². The number of nitrogens with two attached hydrogens (primary N) is 2. The molecule has 0 fully saturated rings. The van der Waals surface area contributed by atoms with Crippen LogP contribution in [0.4, 0.5) is 11.5 Å². The summed E-state index contributed by atoms with van der Waals surface area (Å²) >= 11 is 0. The van der Waals surface area contributed by atoms with Gasteiger partial charge in [0.05, 0.1) is 17.4 Å². The fraction of sp³-hybridized carbons (Fsp3) is 0.571. The average Bonchev–Trinajstić information content (AvgIpc) is 2.40. The highest BCUT2D eigenvalue weighted by molar-refractivity contribution is 5.98. The molecule has 0 aliphatic heterocycles. The van der Waals surface area contributed by atoms with E-state index in [1.807, 2.05) is 0 Å². The van der Waals surface area contributed by atoms with E-state index in [2.05, 4.69) is 24.1 Å². The Balaban J connectivity index is 2.61. The predicted molar refractivity (Wildman–Crippen MR) is 79.0 cm³/mol. The first-order valence-corrected chi connectivity index (χ1v) is 6.87. The van der Waals surface area contributed by atoms with Crippen molar-refractivity contribution >= 4 is 17.4 Å². The number of hydrogen-bond donors (Lipinski definition) is 3.